The Bertz CT molecular complexity index is 686. The fourth-order valence-electron chi connectivity index (χ4n) is 2.55. The summed E-state index contributed by atoms with van der Waals surface area (Å²) in [6.07, 6.45) is 0.926. The van der Waals surface area contributed by atoms with Gasteiger partial charge < -0.3 is 15.0 Å². The number of para-hydroxylation sites is 1. The molecule has 0 aliphatic carbocycles. The maximum absolute atomic E-state index is 12.6. The highest BCUT2D eigenvalue weighted by Crippen LogP contribution is 2.24. The fourth-order valence-corrected chi connectivity index (χ4v) is 3.29. The molecule has 2 amide bonds. The molecule has 0 bridgehead atoms. The third-order valence-electron chi connectivity index (χ3n) is 3.91. The summed E-state index contributed by atoms with van der Waals surface area (Å²) in [5, 5.41) is 6.07. The molecular weight excluding hydrogens is 310 g/mol. The van der Waals surface area contributed by atoms with Gasteiger partial charge in [-0.05, 0) is 19.4 Å². The summed E-state index contributed by atoms with van der Waals surface area (Å²) >= 11 is 1.64. The van der Waals surface area contributed by atoms with E-state index in [0.29, 0.717) is 19.7 Å². The molecule has 0 radical (unpaired) electrons. The number of fused-ring (bicyclic) bond motifs is 1. The predicted molar refractivity (Wildman–Crippen MR) is 90.7 cm³/mol. The van der Waals surface area contributed by atoms with Crippen LogP contribution >= 0.6 is 11.3 Å². The number of aryl methyl sites for hydroxylation is 1. The lowest BCUT2D eigenvalue weighted by molar-refractivity contribution is 0.156. The number of amides is 2. The Balaban J connectivity index is 1.66. The molecule has 0 spiro atoms. The van der Waals surface area contributed by atoms with E-state index in [9.17, 15) is 4.79 Å². The number of urea groups is 1. The minimum atomic E-state index is -0.0798. The summed E-state index contributed by atoms with van der Waals surface area (Å²) in [4.78, 5) is 18.9. The summed E-state index contributed by atoms with van der Waals surface area (Å²) in [5.74, 6) is 0.863. The lowest BCUT2D eigenvalue weighted by Gasteiger charge is -2.26. The van der Waals surface area contributed by atoms with Gasteiger partial charge in [-0.1, -0.05) is 25.1 Å². The van der Waals surface area contributed by atoms with Crippen LogP contribution in [0, 0.1) is 0 Å². The van der Waals surface area contributed by atoms with Gasteiger partial charge in [-0.2, -0.15) is 0 Å². The Morgan fingerprint density at radius 1 is 1.48 bits per heavy atom. The highest BCUT2D eigenvalue weighted by Gasteiger charge is 2.25. The average Bonchev–Trinajstić information content (AvgIpc) is 2.97. The number of nitrogens with one attached hydrogen (secondary N) is 1. The molecule has 6 heteroatoms. The third kappa shape index (κ3) is 3.64. The van der Waals surface area contributed by atoms with E-state index >= 15 is 0 Å². The number of carbonyl (C=O) groups excluding carboxylic acids is 1. The average molecular weight is 331 g/mol. The molecule has 2 aromatic rings. The number of aromatic nitrogens is 1. The van der Waals surface area contributed by atoms with Crippen molar-refractivity contribution in [2.45, 2.75) is 39.4 Å². The van der Waals surface area contributed by atoms with Crippen molar-refractivity contribution in [2.24, 2.45) is 0 Å². The van der Waals surface area contributed by atoms with Gasteiger partial charge in [0.05, 0.1) is 29.8 Å². The number of rotatable bonds is 3. The fraction of sp³-hybridized carbons (Fsp3) is 0.412. The Kier molecular flexibility index (Phi) is 4.81. The molecule has 1 aromatic heterocycles. The summed E-state index contributed by atoms with van der Waals surface area (Å²) < 4.78 is 5.79. The summed E-state index contributed by atoms with van der Waals surface area (Å²) in [6, 6.07) is 7.81. The number of nitrogens with zero attached hydrogens (tertiary/aromatic N) is 2. The van der Waals surface area contributed by atoms with Crippen molar-refractivity contribution in [1.29, 1.82) is 0 Å². The van der Waals surface area contributed by atoms with Gasteiger partial charge in [-0.3, -0.25) is 0 Å². The van der Waals surface area contributed by atoms with Crippen molar-refractivity contribution in [3.63, 3.8) is 0 Å². The predicted octanol–water partition coefficient (Wildman–Crippen LogP) is 3.20. The molecular formula is C17H21N3O2S. The van der Waals surface area contributed by atoms with Crippen LogP contribution in [-0.2, 0) is 19.5 Å². The molecule has 1 aliphatic heterocycles. The standard InChI is InChI=1S/C17H21N3O2S/c1-3-16-19-14(11-23-16)8-18-17(21)20-9-13-6-4-5-7-15(13)22-10-12(20)2/h4-7,11-12H,3,8-10H2,1-2H3,(H,18,21)/t12-/m1/s1. The molecule has 0 unspecified atom stereocenters. The maximum atomic E-state index is 12.6. The van der Waals surface area contributed by atoms with Crippen LogP contribution in [0.1, 0.15) is 30.1 Å². The zero-order valence-electron chi connectivity index (χ0n) is 13.4. The highest BCUT2D eigenvalue weighted by atomic mass is 32.1. The van der Waals surface area contributed by atoms with Gasteiger partial charge in [0.1, 0.15) is 12.4 Å². The van der Waals surface area contributed by atoms with Gasteiger partial charge in [-0.15, -0.1) is 11.3 Å². The molecule has 1 aromatic carbocycles. The smallest absolute Gasteiger partial charge is 0.318 e. The maximum Gasteiger partial charge on any atom is 0.318 e. The first kappa shape index (κ1) is 15.8. The van der Waals surface area contributed by atoms with Gasteiger partial charge >= 0.3 is 6.03 Å². The lowest BCUT2D eigenvalue weighted by atomic mass is 10.2. The van der Waals surface area contributed by atoms with E-state index < -0.39 is 0 Å². The first-order valence-corrected chi connectivity index (χ1v) is 8.73. The number of ether oxygens (including phenoxy) is 1. The van der Waals surface area contributed by atoms with Crippen LogP contribution in [0.25, 0.3) is 0 Å². The first-order valence-electron chi connectivity index (χ1n) is 7.85. The molecule has 0 fully saturated rings. The molecule has 1 atom stereocenters. The minimum Gasteiger partial charge on any atom is -0.491 e. The van der Waals surface area contributed by atoms with Crippen molar-refractivity contribution in [3.05, 3.63) is 45.9 Å². The Hall–Kier alpha value is -2.08. The van der Waals surface area contributed by atoms with Crippen molar-refractivity contribution in [1.82, 2.24) is 15.2 Å². The van der Waals surface area contributed by atoms with E-state index in [1.165, 1.54) is 0 Å². The highest BCUT2D eigenvalue weighted by molar-refractivity contribution is 7.09. The van der Waals surface area contributed by atoms with E-state index in [1.807, 2.05) is 41.5 Å². The molecule has 122 valence electrons. The van der Waals surface area contributed by atoms with Crippen LogP contribution in [0.3, 0.4) is 0 Å². The van der Waals surface area contributed by atoms with Gasteiger partial charge in [0.2, 0.25) is 0 Å². The molecule has 0 saturated carbocycles. The van der Waals surface area contributed by atoms with Crippen LogP contribution in [0.5, 0.6) is 5.75 Å². The monoisotopic (exact) mass is 331 g/mol. The SMILES string of the molecule is CCc1nc(CNC(=O)N2Cc3ccccc3OC[C@H]2C)cs1. The second-order valence-electron chi connectivity index (χ2n) is 5.64. The van der Waals surface area contributed by atoms with E-state index in [4.69, 9.17) is 4.74 Å². The third-order valence-corrected chi connectivity index (χ3v) is 4.95. The van der Waals surface area contributed by atoms with Crippen molar-refractivity contribution >= 4 is 17.4 Å². The van der Waals surface area contributed by atoms with E-state index in [0.717, 1.165) is 28.4 Å². The topological polar surface area (TPSA) is 54.5 Å². The minimum absolute atomic E-state index is 0.0176. The molecule has 1 aliphatic rings. The van der Waals surface area contributed by atoms with Crippen LogP contribution in [0.2, 0.25) is 0 Å². The zero-order chi connectivity index (χ0) is 16.2. The van der Waals surface area contributed by atoms with Gasteiger partial charge in [0.15, 0.2) is 0 Å². The van der Waals surface area contributed by atoms with Crippen LogP contribution in [0.15, 0.2) is 29.6 Å². The second kappa shape index (κ2) is 7.00. The summed E-state index contributed by atoms with van der Waals surface area (Å²) in [6.45, 7) is 5.60. The first-order chi connectivity index (χ1) is 11.2. The largest absolute Gasteiger partial charge is 0.491 e. The van der Waals surface area contributed by atoms with Gasteiger partial charge in [-0.25, -0.2) is 9.78 Å². The summed E-state index contributed by atoms with van der Waals surface area (Å²) in [5.41, 5.74) is 1.95. The number of benzene rings is 1. The molecule has 1 N–H and O–H groups in total. The Morgan fingerprint density at radius 3 is 3.09 bits per heavy atom. The normalized spacial score (nSPS) is 17.1. The zero-order valence-corrected chi connectivity index (χ0v) is 14.2. The van der Waals surface area contributed by atoms with Crippen LogP contribution in [-0.4, -0.2) is 28.6 Å². The lowest BCUT2D eigenvalue weighted by Crippen LogP contribution is -2.45. The molecule has 3 rings (SSSR count). The quantitative estimate of drug-likeness (QED) is 0.940. The van der Waals surface area contributed by atoms with E-state index in [-0.39, 0.29) is 12.1 Å². The van der Waals surface area contributed by atoms with Gasteiger partial charge in [0, 0.05) is 10.9 Å². The van der Waals surface area contributed by atoms with Crippen molar-refractivity contribution in [2.75, 3.05) is 6.61 Å². The summed E-state index contributed by atoms with van der Waals surface area (Å²) in [7, 11) is 0. The van der Waals surface area contributed by atoms with Crippen molar-refractivity contribution in [3.8, 4) is 5.75 Å². The van der Waals surface area contributed by atoms with Crippen molar-refractivity contribution < 1.29 is 9.53 Å². The number of hydrogen-bond donors (Lipinski definition) is 1. The second-order valence-corrected chi connectivity index (χ2v) is 6.58. The Labute approximate surface area is 140 Å². The Morgan fingerprint density at radius 2 is 2.30 bits per heavy atom. The van der Waals surface area contributed by atoms with Crippen LogP contribution < -0.4 is 10.1 Å². The number of carbonyl (C=O) groups is 1. The van der Waals surface area contributed by atoms with Gasteiger partial charge in [0.25, 0.3) is 0 Å². The van der Waals surface area contributed by atoms with E-state index in [2.05, 4.69) is 17.2 Å². The number of hydrogen-bond acceptors (Lipinski definition) is 4. The van der Waals surface area contributed by atoms with E-state index in [1.54, 1.807) is 11.3 Å². The molecule has 2 heterocycles. The number of thiazole rings is 1. The molecule has 5 nitrogen and oxygen atoms in total. The van der Waals surface area contributed by atoms with Crippen LogP contribution in [0.4, 0.5) is 4.79 Å². The molecule has 0 saturated heterocycles. The molecule has 23 heavy (non-hydrogen) atoms.